The maximum atomic E-state index is 3.06. The van der Waals surface area contributed by atoms with E-state index in [9.17, 15) is 0 Å². The first kappa shape index (κ1) is 4.26. The first-order valence-electron chi connectivity index (χ1n) is 0.911. The SMILES string of the molecule is [Si]=CC=P. The molecule has 0 atom stereocenters. The maximum Gasteiger partial charge on any atom is 0.0300 e. The quantitative estimate of drug-likeness (QED) is 0.309. The Morgan fingerprint density at radius 3 is 2.00 bits per heavy atom. The van der Waals surface area contributed by atoms with E-state index in [1.807, 2.05) is 0 Å². The fourth-order valence-electron chi connectivity index (χ4n) is 0. The highest BCUT2D eigenvalue weighted by atomic mass is 31.0. The summed E-state index contributed by atoms with van der Waals surface area (Å²) < 4.78 is 0. The molecular weight excluding hydrogens is 83.1 g/mol. The van der Waals surface area contributed by atoms with Crippen LogP contribution in [0.15, 0.2) is 0 Å². The van der Waals surface area contributed by atoms with E-state index >= 15 is 0 Å². The Morgan fingerprint density at radius 2 is 2.00 bits per heavy atom. The molecule has 0 heterocycles. The Kier molecular flexibility index (Phi) is 3.47. The van der Waals surface area contributed by atoms with Crippen molar-refractivity contribution in [3.8, 4) is 0 Å². The lowest BCUT2D eigenvalue weighted by atomic mass is 11.0. The highest BCUT2D eigenvalue weighted by molar-refractivity contribution is 7.22. The van der Waals surface area contributed by atoms with E-state index in [1.165, 1.54) is 0 Å². The van der Waals surface area contributed by atoms with Gasteiger partial charge in [0.25, 0.3) is 0 Å². The average molecular weight is 86.1 g/mol. The minimum atomic E-state index is 1.72. The van der Waals surface area contributed by atoms with Crippen molar-refractivity contribution in [1.29, 1.82) is 0 Å². The molecule has 0 spiro atoms. The number of hydrogen-bond acceptors (Lipinski definition) is 0. The van der Waals surface area contributed by atoms with E-state index in [-0.39, 0.29) is 0 Å². The molecule has 0 bridgehead atoms. The van der Waals surface area contributed by atoms with Crippen molar-refractivity contribution >= 4 is 30.2 Å². The van der Waals surface area contributed by atoms with E-state index in [0.29, 0.717) is 0 Å². The minimum Gasteiger partial charge on any atom is -0.123 e. The first-order valence-corrected chi connectivity index (χ1v) is 2.07. The molecule has 0 aliphatic carbocycles. The molecule has 0 nitrogen and oxygen atoms in total. The van der Waals surface area contributed by atoms with Crippen LogP contribution in [0.4, 0.5) is 0 Å². The molecule has 0 fully saturated rings. The summed E-state index contributed by atoms with van der Waals surface area (Å²) >= 11 is 0. The van der Waals surface area contributed by atoms with Gasteiger partial charge in [0.2, 0.25) is 0 Å². The minimum absolute atomic E-state index is 1.72. The van der Waals surface area contributed by atoms with Gasteiger partial charge in [0, 0.05) is 9.85 Å². The molecule has 20 valence electrons. The van der Waals surface area contributed by atoms with Crippen molar-refractivity contribution in [2.75, 3.05) is 0 Å². The smallest absolute Gasteiger partial charge is 0.0300 e. The third-order valence-corrected chi connectivity index (χ3v) is 0.750. The van der Waals surface area contributed by atoms with Crippen LogP contribution < -0.4 is 0 Å². The van der Waals surface area contributed by atoms with Gasteiger partial charge in [-0.1, -0.05) is 5.67 Å². The molecule has 2 heteroatoms. The molecule has 0 aromatic rings. The second-order valence-corrected chi connectivity index (χ2v) is 1.00. The van der Waals surface area contributed by atoms with Gasteiger partial charge in [0.1, 0.15) is 0 Å². The van der Waals surface area contributed by atoms with Crippen LogP contribution in [0.25, 0.3) is 0 Å². The lowest BCUT2D eigenvalue weighted by Crippen LogP contribution is -1.59. The zero-order chi connectivity index (χ0) is 3.41. The fraction of sp³-hybridized carbons (Fsp3) is 0. The van der Waals surface area contributed by atoms with Gasteiger partial charge in [0.05, 0.1) is 0 Å². The van der Waals surface area contributed by atoms with Crippen molar-refractivity contribution in [3.63, 3.8) is 0 Å². The van der Waals surface area contributed by atoms with Crippen molar-refractivity contribution < 1.29 is 0 Å². The van der Waals surface area contributed by atoms with Crippen LogP contribution >= 0.6 is 8.86 Å². The summed E-state index contributed by atoms with van der Waals surface area (Å²) in [7, 11) is 6.12. The van der Waals surface area contributed by atoms with E-state index in [0.717, 1.165) is 0 Å². The number of hydrogen-bond donors (Lipinski definition) is 0. The molecule has 4 heavy (non-hydrogen) atoms. The molecule has 0 saturated heterocycles. The van der Waals surface area contributed by atoms with E-state index < -0.39 is 0 Å². The highest BCUT2D eigenvalue weighted by Gasteiger charge is 1.31. The van der Waals surface area contributed by atoms with Crippen molar-refractivity contribution in [1.82, 2.24) is 0 Å². The van der Waals surface area contributed by atoms with Gasteiger partial charge in [-0.3, -0.25) is 0 Å². The lowest BCUT2D eigenvalue weighted by Gasteiger charge is -1.42. The Morgan fingerprint density at radius 1 is 1.75 bits per heavy atom. The first-order chi connectivity index (χ1) is 1.91. The predicted octanol–water partition coefficient (Wildman–Crippen LogP) is -0.0979. The Balaban J connectivity index is 2.73. The summed E-state index contributed by atoms with van der Waals surface area (Å²) in [5.74, 6) is 1.72. The third kappa shape index (κ3) is 2.26. The normalized spacial score (nSPS) is 5.00. The summed E-state index contributed by atoms with van der Waals surface area (Å²) in [6.07, 6.45) is 0. The van der Waals surface area contributed by atoms with Gasteiger partial charge < -0.3 is 0 Å². The van der Waals surface area contributed by atoms with Crippen molar-refractivity contribution in [2.24, 2.45) is 0 Å². The van der Waals surface area contributed by atoms with Crippen LogP contribution in [0.3, 0.4) is 0 Å². The highest BCUT2D eigenvalue weighted by Crippen LogP contribution is 1.39. The van der Waals surface area contributed by atoms with Crippen LogP contribution in [0, 0.1) is 0 Å². The van der Waals surface area contributed by atoms with Crippen LogP contribution in [-0.4, -0.2) is 21.3 Å². The van der Waals surface area contributed by atoms with Gasteiger partial charge in [0.15, 0.2) is 0 Å². The van der Waals surface area contributed by atoms with Crippen LogP contribution in [-0.2, 0) is 0 Å². The molecule has 0 rings (SSSR count). The lowest BCUT2D eigenvalue weighted by molar-refractivity contribution is 3.80. The van der Waals surface area contributed by atoms with Gasteiger partial charge in [-0.05, 0) is 5.80 Å². The zero-order valence-electron chi connectivity index (χ0n) is 2.15. The van der Waals surface area contributed by atoms with Crippen molar-refractivity contribution in [3.05, 3.63) is 0 Å². The number of rotatable bonds is 1. The molecule has 2 radical (unpaired) electrons. The molecule has 0 saturated carbocycles. The third-order valence-electron chi connectivity index (χ3n) is 0.0833. The monoisotopic (exact) mass is 86.0 g/mol. The van der Waals surface area contributed by atoms with Crippen LogP contribution in [0.1, 0.15) is 0 Å². The van der Waals surface area contributed by atoms with Crippen LogP contribution in [0.5, 0.6) is 0 Å². The summed E-state index contributed by atoms with van der Waals surface area (Å²) in [5, 5.41) is 0. The largest absolute Gasteiger partial charge is 0.123 e. The topological polar surface area (TPSA) is 0 Å². The molecule has 0 aromatic heterocycles. The summed E-state index contributed by atoms with van der Waals surface area (Å²) in [6, 6.07) is 0. The van der Waals surface area contributed by atoms with E-state index in [4.69, 9.17) is 0 Å². The van der Waals surface area contributed by atoms with E-state index in [2.05, 4.69) is 18.7 Å². The summed E-state index contributed by atoms with van der Waals surface area (Å²) in [5.41, 5.74) is 1.72. The molecule has 0 amide bonds. The summed E-state index contributed by atoms with van der Waals surface area (Å²) in [4.78, 5) is 0. The second-order valence-electron chi connectivity index (χ2n) is 0.333. The predicted molar refractivity (Wildman–Crippen MR) is 26.2 cm³/mol. The second kappa shape index (κ2) is 3.26. The molecule has 0 aliphatic heterocycles. The maximum absolute atomic E-state index is 3.06. The van der Waals surface area contributed by atoms with Gasteiger partial charge >= 0.3 is 0 Å². The van der Waals surface area contributed by atoms with Gasteiger partial charge in [-0.15, -0.1) is 8.86 Å². The Labute approximate surface area is 31.1 Å². The average Bonchev–Trinajstić information content (AvgIpc) is 1.37. The molecule has 0 aliphatic rings. The molecule has 0 unspecified atom stereocenters. The van der Waals surface area contributed by atoms with Crippen LogP contribution in [0.2, 0.25) is 0 Å². The molecule has 0 N–H and O–H groups in total. The van der Waals surface area contributed by atoms with Gasteiger partial charge in [-0.2, -0.15) is 0 Å². The van der Waals surface area contributed by atoms with Gasteiger partial charge in [-0.25, -0.2) is 0 Å². The fourth-order valence-corrected chi connectivity index (χ4v) is 0. The standard InChI is InChI=1S/C2H3PSi/c3-1-2-4/h1-3H. The Bertz CT molecular complexity index is 27.0. The van der Waals surface area contributed by atoms with E-state index in [1.54, 1.807) is 11.5 Å². The molecular formula is C2H3PSi. The Hall–Kier alpha value is 0.257. The zero-order valence-corrected chi connectivity index (χ0v) is 4.15. The molecule has 0 aromatic carbocycles. The summed E-state index contributed by atoms with van der Waals surface area (Å²) in [6.45, 7) is 0. The van der Waals surface area contributed by atoms with Crippen molar-refractivity contribution in [2.45, 2.75) is 0 Å².